The van der Waals surface area contributed by atoms with E-state index in [9.17, 15) is 0 Å². The zero-order valence-corrected chi connectivity index (χ0v) is 15.0. The van der Waals surface area contributed by atoms with Crippen molar-refractivity contribution in [1.82, 2.24) is 9.97 Å². The molecular weight excluding hydrogens is 290 g/mol. The maximum absolute atomic E-state index is 4.72. The van der Waals surface area contributed by atoms with E-state index in [1.54, 1.807) is 16.8 Å². The van der Waals surface area contributed by atoms with Gasteiger partial charge in [-0.2, -0.15) is 0 Å². The van der Waals surface area contributed by atoms with E-state index in [-0.39, 0.29) is 0 Å². The lowest BCUT2D eigenvalue weighted by atomic mass is 9.96. The molecule has 0 aliphatic heterocycles. The van der Waals surface area contributed by atoms with Gasteiger partial charge in [0.1, 0.15) is 17.0 Å². The molecule has 4 heteroatoms. The Hall–Kier alpha value is -1.16. The van der Waals surface area contributed by atoms with Gasteiger partial charge in [-0.3, -0.25) is 0 Å². The zero-order valence-electron chi connectivity index (χ0n) is 14.2. The first-order valence-electron chi connectivity index (χ1n) is 8.56. The summed E-state index contributed by atoms with van der Waals surface area (Å²) >= 11 is 1.89. The SMILES string of the molecule is CC(C)CN(CC(C)C)c1ncnc2sc3c(c12)CCCC3. The summed E-state index contributed by atoms with van der Waals surface area (Å²) in [4.78, 5) is 14.5. The maximum atomic E-state index is 4.72. The molecule has 0 aromatic carbocycles. The fourth-order valence-electron chi connectivity index (χ4n) is 3.44. The van der Waals surface area contributed by atoms with E-state index in [0.29, 0.717) is 11.8 Å². The van der Waals surface area contributed by atoms with Gasteiger partial charge in [-0.05, 0) is 43.1 Å². The molecule has 0 unspecified atom stereocenters. The number of hydrogen-bond donors (Lipinski definition) is 0. The largest absolute Gasteiger partial charge is 0.355 e. The summed E-state index contributed by atoms with van der Waals surface area (Å²) in [5, 5.41) is 1.35. The monoisotopic (exact) mass is 317 g/mol. The molecule has 0 radical (unpaired) electrons. The normalized spacial score (nSPS) is 14.8. The van der Waals surface area contributed by atoms with Crippen LogP contribution >= 0.6 is 11.3 Å². The van der Waals surface area contributed by atoms with Crippen molar-refractivity contribution in [1.29, 1.82) is 0 Å². The highest BCUT2D eigenvalue weighted by Gasteiger charge is 2.23. The lowest BCUT2D eigenvalue weighted by Gasteiger charge is -2.28. The lowest BCUT2D eigenvalue weighted by molar-refractivity contribution is 0.549. The molecule has 0 N–H and O–H groups in total. The first kappa shape index (κ1) is 15.7. The molecule has 0 spiro atoms. The number of nitrogens with zero attached hydrogens (tertiary/aromatic N) is 3. The second-order valence-electron chi connectivity index (χ2n) is 7.28. The van der Waals surface area contributed by atoms with Crippen LogP contribution in [0.15, 0.2) is 6.33 Å². The summed E-state index contributed by atoms with van der Waals surface area (Å²) in [5.41, 5.74) is 1.54. The summed E-state index contributed by atoms with van der Waals surface area (Å²) in [6.07, 6.45) is 6.82. The van der Waals surface area contributed by atoms with Crippen LogP contribution in [0.2, 0.25) is 0 Å². The van der Waals surface area contributed by atoms with Gasteiger partial charge >= 0.3 is 0 Å². The Morgan fingerprint density at radius 2 is 1.73 bits per heavy atom. The van der Waals surface area contributed by atoms with Crippen LogP contribution in [0.4, 0.5) is 5.82 Å². The average Bonchev–Trinajstić information content (AvgIpc) is 2.84. The van der Waals surface area contributed by atoms with E-state index in [0.717, 1.165) is 13.1 Å². The molecule has 1 aliphatic rings. The van der Waals surface area contributed by atoms with Gasteiger partial charge in [0.2, 0.25) is 0 Å². The molecule has 2 aromatic heterocycles. The Balaban J connectivity index is 2.09. The fourth-order valence-corrected chi connectivity index (χ4v) is 4.67. The van der Waals surface area contributed by atoms with Crippen LogP contribution in [0.5, 0.6) is 0 Å². The highest BCUT2D eigenvalue weighted by Crippen LogP contribution is 2.39. The van der Waals surface area contributed by atoms with E-state index in [1.165, 1.54) is 41.7 Å². The van der Waals surface area contributed by atoms with Gasteiger partial charge in [0, 0.05) is 18.0 Å². The highest BCUT2D eigenvalue weighted by atomic mass is 32.1. The lowest BCUT2D eigenvalue weighted by Crippen LogP contribution is -2.32. The molecular formula is C18H27N3S. The van der Waals surface area contributed by atoms with Crippen molar-refractivity contribution in [2.45, 2.75) is 53.4 Å². The van der Waals surface area contributed by atoms with E-state index in [4.69, 9.17) is 4.98 Å². The summed E-state index contributed by atoms with van der Waals surface area (Å²) in [6, 6.07) is 0. The van der Waals surface area contributed by atoms with Gasteiger partial charge in [-0.15, -0.1) is 11.3 Å². The van der Waals surface area contributed by atoms with Crippen molar-refractivity contribution in [3.63, 3.8) is 0 Å². The topological polar surface area (TPSA) is 29.0 Å². The van der Waals surface area contributed by atoms with Crippen molar-refractivity contribution >= 4 is 27.4 Å². The molecule has 0 fully saturated rings. The molecule has 0 saturated heterocycles. The standard InChI is InChI=1S/C18H27N3S/c1-12(2)9-21(10-13(3)4)17-16-14-7-5-6-8-15(14)22-18(16)20-11-19-17/h11-13H,5-10H2,1-4H3. The molecule has 2 heterocycles. The van der Waals surface area contributed by atoms with E-state index >= 15 is 0 Å². The molecule has 2 aromatic rings. The third kappa shape index (κ3) is 3.12. The summed E-state index contributed by atoms with van der Waals surface area (Å²) in [5.74, 6) is 2.45. The Labute approximate surface area is 137 Å². The van der Waals surface area contributed by atoms with Crippen molar-refractivity contribution < 1.29 is 0 Å². The number of rotatable bonds is 5. The summed E-state index contributed by atoms with van der Waals surface area (Å²) in [7, 11) is 0. The molecule has 0 amide bonds. The van der Waals surface area contributed by atoms with Gasteiger partial charge < -0.3 is 4.90 Å². The fraction of sp³-hybridized carbons (Fsp3) is 0.667. The highest BCUT2D eigenvalue weighted by molar-refractivity contribution is 7.19. The second-order valence-corrected chi connectivity index (χ2v) is 8.36. The molecule has 0 bridgehead atoms. The molecule has 0 atom stereocenters. The van der Waals surface area contributed by atoms with Crippen molar-refractivity contribution in [3.05, 3.63) is 16.8 Å². The maximum Gasteiger partial charge on any atom is 0.141 e. The van der Waals surface area contributed by atoms with Crippen LogP contribution in [0.3, 0.4) is 0 Å². The number of fused-ring (bicyclic) bond motifs is 3. The molecule has 3 rings (SSSR count). The zero-order chi connectivity index (χ0) is 15.7. The van der Waals surface area contributed by atoms with Crippen LogP contribution in [-0.2, 0) is 12.8 Å². The molecule has 120 valence electrons. The minimum Gasteiger partial charge on any atom is -0.355 e. The van der Waals surface area contributed by atoms with Gasteiger partial charge in [-0.1, -0.05) is 27.7 Å². The smallest absolute Gasteiger partial charge is 0.141 e. The van der Waals surface area contributed by atoms with Crippen LogP contribution in [0, 0.1) is 11.8 Å². The van der Waals surface area contributed by atoms with Gasteiger partial charge in [0.05, 0.1) is 5.39 Å². The number of aryl methyl sites for hydroxylation is 2. The molecule has 1 aliphatic carbocycles. The quantitative estimate of drug-likeness (QED) is 0.801. The Bertz CT molecular complexity index is 635. The minimum absolute atomic E-state index is 0.637. The van der Waals surface area contributed by atoms with Gasteiger partial charge in [-0.25, -0.2) is 9.97 Å². The van der Waals surface area contributed by atoms with Gasteiger partial charge in [0.25, 0.3) is 0 Å². The second kappa shape index (κ2) is 6.53. The summed E-state index contributed by atoms with van der Waals surface area (Å²) in [6.45, 7) is 11.3. The van der Waals surface area contributed by atoms with Crippen LogP contribution in [-0.4, -0.2) is 23.1 Å². The first-order chi connectivity index (χ1) is 10.6. The third-order valence-corrected chi connectivity index (χ3v) is 5.40. The Morgan fingerprint density at radius 1 is 1.05 bits per heavy atom. The van der Waals surface area contributed by atoms with Crippen LogP contribution < -0.4 is 4.90 Å². The Morgan fingerprint density at radius 3 is 2.41 bits per heavy atom. The number of aromatic nitrogens is 2. The molecule has 22 heavy (non-hydrogen) atoms. The van der Waals surface area contributed by atoms with Crippen molar-refractivity contribution in [3.8, 4) is 0 Å². The number of thiophene rings is 1. The number of hydrogen-bond acceptors (Lipinski definition) is 4. The van der Waals surface area contributed by atoms with Crippen LogP contribution in [0.1, 0.15) is 51.0 Å². The van der Waals surface area contributed by atoms with Crippen molar-refractivity contribution in [2.24, 2.45) is 11.8 Å². The third-order valence-electron chi connectivity index (χ3n) is 4.20. The predicted molar refractivity (Wildman–Crippen MR) is 95.9 cm³/mol. The molecule has 3 nitrogen and oxygen atoms in total. The van der Waals surface area contributed by atoms with E-state index in [2.05, 4.69) is 37.6 Å². The van der Waals surface area contributed by atoms with Crippen LogP contribution in [0.25, 0.3) is 10.2 Å². The average molecular weight is 318 g/mol. The van der Waals surface area contributed by atoms with E-state index in [1.807, 2.05) is 11.3 Å². The minimum atomic E-state index is 0.637. The predicted octanol–water partition coefficient (Wildman–Crippen LogP) is 4.69. The first-order valence-corrected chi connectivity index (χ1v) is 9.38. The number of anilines is 1. The Kier molecular flexibility index (Phi) is 4.67. The molecule has 0 saturated carbocycles. The summed E-state index contributed by atoms with van der Waals surface area (Å²) < 4.78 is 0. The van der Waals surface area contributed by atoms with E-state index < -0.39 is 0 Å². The van der Waals surface area contributed by atoms with Gasteiger partial charge in [0.15, 0.2) is 0 Å². The van der Waals surface area contributed by atoms with Crippen molar-refractivity contribution in [2.75, 3.05) is 18.0 Å².